The predicted octanol–water partition coefficient (Wildman–Crippen LogP) is 5.59. The maximum atomic E-state index is 11.9. The third-order valence-electron chi connectivity index (χ3n) is 9.81. The molecule has 0 spiro atoms. The number of aromatic hydroxyl groups is 18. The lowest BCUT2D eigenvalue weighted by Gasteiger charge is -2.23. The van der Waals surface area contributed by atoms with Gasteiger partial charge >= 0.3 is 0 Å². The summed E-state index contributed by atoms with van der Waals surface area (Å²) in [5, 5.41) is 193. The molecule has 0 aliphatic carbocycles. The number of rotatable bonds is 3. The van der Waals surface area contributed by atoms with Crippen LogP contribution in [0.1, 0.15) is 0 Å². The van der Waals surface area contributed by atoms with E-state index in [2.05, 4.69) is 0 Å². The minimum Gasteiger partial charge on any atom is -0.506 e. The van der Waals surface area contributed by atoms with Gasteiger partial charge in [0.25, 0.3) is 0 Å². The SMILES string of the molecule is Oc1cc(-c2c(O)c(O)c3oc4c(O)c(-c5c6c(O)c(O)c(O)c(O)c6c(-c6ccccc6)c6c(O)c(O)c(O)c(O)c56)c(O)c(O)c4c3c2O)c(O)c(O)c1O. The lowest BCUT2D eigenvalue weighted by Crippen LogP contribution is -1.95. The molecule has 0 aliphatic rings. The predicted molar refractivity (Wildman–Crippen MR) is 195 cm³/mol. The average Bonchev–Trinajstić information content (AvgIpc) is 3.61. The van der Waals surface area contributed by atoms with Crippen LogP contribution in [0.25, 0.3) is 76.9 Å². The Morgan fingerprint density at radius 2 is 0.684 bits per heavy atom. The molecular formula is C38H24O19. The van der Waals surface area contributed by atoms with Crippen LogP contribution in [0.2, 0.25) is 0 Å². The zero-order valence-corrected chi connectivity index (χ0v) is 27.9. The van der Waals surface area contributed by atoms with E-state index in [4.69, 9.17) is 4.42 Å². The molecule has 0 saturated carbocycles. The van der Waals surface area contributed by atoms with E-state index in [-0.39, 0.29) is 5.56 Å². The Balaban J connectivity index is 1.63. The van der Waals surface area contributed by atoms with Crippen LogP contribution in [0.3, 0.4) is 0 Å². The lowest BCUT2D eigenvalue weighted by molar-refractivity contribution is 0.346. The van der Waals surface area contributed by atoms with Crippen LogP contribution in [0.4, 0.5) is 0 Å². The average molecular weight is 785 g/mol. The highest BCUT2D eigenvalue weighted by Gasteiger charge is 2.37. The number of benzene rings is 7. The van der Waals surface area contributed by atoms with Gasteiger partial charge in [0.15, 0.2) is 68.7 Å². The van der Waals surface area contributed by atoms with Crippen LogP contribution in [-0.4, -0.2) is 91.9 Å². The first-order chi connectivity index (χ1) is 26.8. The normalized spacial score (nSPS) is 11.7. The molecule has 7 aromatic carbocycles. The highest BCUT2D eigenvalue weighted by molar-refractivity contribution is 6.31. The molecule has 57 heavy (non-hydrogen) atoms. The molecule has 0 bridgehead atoms. The number of hydrogen-bond donors (Lipinski definition) is 18. The van der Waals surface area contributed by atoms with Crippen molar-refractivity contribution < 1.29 is 96.3 Å². The summed E-state index contributed by atoms with van der Waals surface area (Å²) < 4.78 is 5.58. The van der Waals surface area contributed by atoms with Crippen molar-refractivity contribution in [1.82, 2.24) is 0 Å². The fourth-order valence-electron chi connectivity index (χ4n) is 7.22. The minimum absolute atomic E-state index is 0.0329. The van der Waals surface area contributed by atoms with Crippen molar-refractivity contribution in [2.24, 2.45) is 0 Å². The zero-order chi connectivity index (χ0) is 41.4. The Hall–Kier alpha value is -8.74. The van der Waals surface area contributed by atoms with Gasteiger partial charge in [-0.15, -0.1) is 0 Å². The first kappa shape index (κ1) is 35.3. The van der Waals surface area contributed by atoms with E-state index < -0.39 is 175 Å². The number of furan rings is 1. The van der Waals surface area contributed by atoms with Crippen LogP contribution in [0.5, 0.6) is 103 Å². The summed E-state index contributed by atoms with van der Waals surface area (Å²) >= 11 is 0. The van der Waals surface area contributed by atoms with Gasteiger partial charge in [0.05, 0.1) is 21.9 Å². The monoisotopic (exact) mass is 784 g/mol. The Morgan fingerprint density at radius 3 is 1.19 bits per heavy atom. The molecule has 0 unspecified atom stereocenters. The molecule has 1 heterocycles. The summed E-state index contributed by atoms with van der Waals surface area (Å²) in [5.41, 5.74) is -6.11. The van der Waals surface area contributed by atoms with Gasteiger partial charge in [-0.2, -0.15) is 0 Å². The van der Waals surface area contributed by atoms with Crippen LogP contribution < -0.4 is 0 Å². The van der Waals surface area contributed by atoms with Gasteiger partial charge in [-0.1, -0.05) is 30.3 Å². The molecule has 1 aromatic heterocycles. The van der Waals surface area contributed by atoms with Crippen molar-refractivity contribution in [3.8, 4) is 137 Å². The van der Waals surface area contributed by atoms with E-state index >= 15 is 0 Å². The van der Waals surface area contributed by atoms with Crippen molar-refractivity contribution >= 4 is 43.5 Å². The number of phenolic OH excluding ortho intramolecular Hbond substituents is 18. The largest absolute Gasteiger partial charge is 0.506 e. The van der Waals surface area contributed by atoms with Gasteiger partial charge in [-0.3, -0.25) is 0 Å². The summed E-state index contributed by atoms with van der Waals surface area (Å²) in [5.74, 6) is -23.4. The Kier molecular flexibility index (Phi) is 7.05. The van der Waals surface area contributed by atoms with Crippen molar-refractivity contribution in [2.75, 3.05) is 0 Å². The van der Waals surface area contributed by atoms with E-state index in [0.29, 0.717) is 6.07 Å². The van der Waals surface area contributed by atoms with Gasteiger partial charge in [0.2, 0.25) is 40.2 Å². The van der Waals surface area contributed by atoms with E-state index in [1.165, 1.54) is 24.3 Å². The van der Waals surface area contributed by atoms with Gasteiger partial charge in [-0.25, -0.2) is 0 Å². The molecule has 0 radical (unpaired) electrons. The first-order valence-electron chi connectivity index (χ1n) is 15.9. The second kappa shape index (κ2) is 11.4. The van der Waals surface area contributed by atoms with Crippen molar-refractivity contribution in [3.05, 3.63) is 36.4 Å². The molecule has 0 atom stereocenters. The Labute approximate surface area is 312 Å². The second-order valence-electron chi connectivity index (χ2n) is 12.7. The molecule has 18 N–H and O–H groups in total. The highest BCUT2D eigenvalue weighted by atomic mass is 16.4. The molecule has 8 rings (SSSR count). The van der Waals surface area contributed by atoms with Gasteiger partial charge < -0.3 is 96.3 Å². The van der Waals surface area contributed by atoms with Gasteiger partial charge in [-0.05, 0) is 11.6 Å². The Bertz CT molecular complexity index is 3070. The number of hydrogen-bond acceptors (Lipinski definition) is 19. The zero-order valence-electron chi connectivity index (χ0n) is 27.9. The van der Waals surface area contributed by atoms with Crippen LogP contribution >= 0.6 is 0 Å². The quantitative estimate of drug-likeness (QED) is 0.0589. The molecule has 19 heteroatoms. The molecule has 0 fully saturated rings. The summed E-state index contributed by atoms with van der Waals surface area (Å²) in [6.45, 7) is 0. The standard InChI is InChI=1S/C38H24O19/c39-9-6-8(20(40)31(51)21(9)41)11-22(42)18-19-29(49)28(48)17(30(50)37(19)57-38(18)36(56)23(11)43)12-15-13(24(44)32(52)34(54)26(15)46)10(7-4-2-1-3-5-7)14-16(12)27(47)35(55)33(53)25(14)45/h1-6,39-56H. The van der Waals surface area contributed by atoms with Crippen LogP contribution in [0.15, 0.2) is 40.8 Å². The van der Waals surface area contributed by atoms with Crippen molar-refractivity contribution in [1.29, 1.82) is 0 Å². The summed E-state index contributed by atoms with van der Waals surface area (Å²) in [6.07, 6.45) is 0. The number of phenols is 18. The smallest absolute Gasteiger partial charge is 0.204 e. The lowest BCUT2D eigenvalue weighted by atomic mass is 9.83. The fraction of sp³-hybridized carbons (Fsp3) is 0. The fourth-order valence-corrected chi connectivity index (χ4v) is 7.22. The first-order valence-corrected chi connectivity index (χ1v) is 15.9. The van der Waals surface area contributed by atoms with Crippen LogP contribution in [0, 0.1) is 0 Å². The topological polar surface area (TPSA) is 377 Å². The van der Waals surface area contributed by atoms with Crippen molar-refractivity contribution in [3.63, 3.8) is 0 Å². The van der Waals surface area contributed by atoms with Gasteiger partial charge in [0, 0.05) is 38.2 Å². The molecule has 0 saturated heterocycles. The van der Waals surface area contributed by atoms with E-state index in [9.17, 15) is 91.9 Å². The van der Waals surface area contributed by atoms with Gasteiger partial charge in [0.1, 0.15) is 5.75 Å². The van der Waals surface area contributed by atoms with E-state index in [1.807, 2.05) is 0 Å². The van der Waals surface area contributed by atoms with Crippen LogP contribution in [-0.2, 0) is 0 Å². The molecule has 0 amide bonds. The maximum Gasteiger partial charge on any atom is 0.204 e. The molecule has 8 aromatic rings. The number of fused-ring (bicyclic) bond motifs is 5. The second-order valence-corrected chi connectivity index (χ2v) is 12.7. The minimum atomic E-state index is -1.45. The maximum absolute atomic E-state index is 11.9. The third-order valence-corrected chi connectivity index (χ3v) is 9.81. The summed E-state index contributed by atoms with van der Waals surface area (Å²) in [4.78, 5) is 0. The highest BCUT2D eigenvalue weighted by Crippen LogP contribution is 2.66. The Morgan fingerprint density at radius 1 is 0.281 bits per heavy atom. The third kappa shape index (κ3) is 4.23. The van der Waals surface area contributed by atoms with E-state index in [1.54, 1.807) is 6.07 Å². The molecule has 290 valence electrons. The molecule has 0 aliphatic heterocycles. The summed E-state index contributed by atoms with van der Waals surface area (Å²) in [6, 6.07) is 7.77. The summed E-state index contributed by atoms with van der Waals surface area (Å²) in [7, 11) is 0. The molecular weight excluding hydrogens is 760 g/mol. The van der Waals surface area contributed by atoms with E-state index in [0.717, 1.165) is 0 Å². The molecule has 19 nitrogen and oxygen atoms in total. The van der Waals surface area contributed by atoms with Crippen molar-refractivity contribution in [2.45, 2.75) is 0 Å².